The predicted octanol–water partition coefficient (Wildman–Crippen LogP) is 3.98. The van der Waals surface area contributed by atoms with Gasteiger partial charge in [0.15, 0.2) is 11.5 Å². The number of rotatable bonds is 7. The molecule has 10 heteroatoms. The topological polar surface area (TPSA) is 111 Å². The van der Waals surface area contributed by atoms with E-state index in [4.69, 9.17) is 21.1 Å². The van der Waals surface area contributed by atoms with E-state index in [-0.39, 0.29) is 53.5 Å². The number of imide groups is 1. The van der Waals surface area contributed by atoms with Crippen molar-refractivity contribution in [1.29, 1.82) is 0 Å². The van der Waals surface area contributed by atoms with Crippen LogP contribution >= 0.6 is 11.6 Å². The van der Waals surface area contributed by atoms with Crippen molar-refractivity contribution in [2.75, 3.05) is 7.11 Å². The Labute approximate surface area is 199 Å². The molecule has 2 aromatic rings. The number of carbonyl (C=O) groups excluding carboxylic acids is 2. The smallest absolute Gasteiger partial charge is 0.269 e. The zero-order valence-corrected chi connectivity index (χ0v) is 18.8. The van der Waals surface area contributed by atoms with Crippen LogP contribution in [-0.2, 0) is 16.2 Å². The van der Waals surface area contributed by atoms with Crippen molar-refractivity contribution < 1.29 is 24.0 Å². The van der Waals surface area contributed by atoms with Crippen LogP contribution in [0.2, 0.25) is 5.02 Å². The number of amides is 2. The Balaban J connectivity index is 1.41. The summed E-state index contributed by atoms with van der Waals surface area (Å²) in [6, 6.07) is 9.22. The number of fused-ring (bicyclic) bond motifs is 5. The van der Waals surface area contributed by atoms with E-state index in [2.05, 4.69) is 5.10 Å². The van der Waals surface area contributed by atoms with Gasteiger partial charge in [0.2, 0.25) is 0 Å². The number of allylic oxidation sites excluding steroid dienone is 2. The lowest BCUT2D eigenvalue weighted by atomic mass is 9.85. The number of methoxy groups -OCH3 is 1. The van der Waals surface area contributed by atoms with E-state index >= 15 is 0 Å². The summed E-state index contributed by atoms with van der Waals surface area (Å²) in [6.07, 6.45) is 6.23. The van der Waals surface area contributed by atoms with Gasteiger partial charge in [0.1, 0.15) is 6.61 Å². The average Bonchev–Trinajstić information content (AvgIpc) is 3.51. The minimum atomic E-state index is -0.481. The molecule has 2 amide bonds. The second-order valence-corrected chi connectivity index (χ2v) is 8.91. The van der Waals surface area contributed by atoms with Gasteiger partial charge in [-0.15, -0.1) is 0 Å². The maximum atomic E-state index is 12.9. The molecule has 0 radical (unpaired) electrons. The van der Waals surface area contributed by atoms with Crippen LogP contribution in [0.25, 0.3) is 0 Å². The fraction of sp³-hybridized carbons (Fsp3) is 0.292. The average molecular weight is 482 g/mol. The number of halogens is 1. The third kappa shape index (κ3) is 3.71. The summed E-state index contributed by atoms with van der Waals surface area (Å²) in [7, 11) is 1.45. The van der Waals surface area contributed by atoms with Gasteiger partial charge in [-0.1, -0.05) is 35.9 Å². The molecule has 9 nitrogen and oxygen atoms in total. The van der Waals surface area contributed by atoms with Crippen LogP contribution in [0.3, 0.4) is 0 Å². The molecular weight excluding hydrogens is 462 g/mol. The van der Waals surface area contributed by atoms with Crippen molar-refractivity contribution >= 4 is 35.3 Å². The molecule has 1 saturated carbocycles. The summed E-state index contributed by atoms with van der Waals surface area (Å²) < 4.78 is 11.3. The fourth-order valence-electron chi connectivity index (χ4n) is 5.03. The van der Waals surface area contributed by atoms with Crippen LogP contribution < -0.4 is 9.47 Å². The lowest BCUT2D eigenvalue weighted by Crippen LogP contribution is -2.28. The second-order valence-electron chi connectivity index (χ2n) is 8.47. The first kappa shape index (κ1) is 22.1. The molecule has 2 aromatic carbocycles. The Morgan fingerprint density at radius 3 is 2.53 bits per heavy atom. The molecule has 0 aromatic heterocycles. The van der Waals surface area contributed by atoms with Crippen molar-refractivity contribution in [3.63, 3.8) is 0 Å². The first-order chi connectivity index (χ1) is 16.4. The first-order valence-corrected chi connectivity index (χ1v) is 11.1. The molecule has 174 valence electrons. The summed E-state index contributed by atoms with van der Waals surface area (Å²) >= 11 is 6.22. The van der Waals surface area contributed by atoms with E-state index in [1.807, 2.05) is 12.2 Å². The van der Waals surface area contributed by atoms with Gasteiger partial charge in [0.25, 0.3) is 17.5 Å². The molecule has 3 aliphatic rings. The largest absolute Gasteiger partial charge is 0.493 e. The molecular formula is C24H20ClN3O6. The van der Waals surface area contributed by atoms with Gasteiger partial charge in [-0.05, 0) is 29.9 Å². The van der Waals surface area contributed by atoms with E-state index in [0.29, 0.717) is 21.9 Å². The highest BCUT2D eigenvalue weighted by molar-refractivity contribution is 6.31. The highest BCUT2D eigenvalue weighted by Crippen LogP contribution is 2.52. The minimum Gasteiger partial charge on any atom is -0.493 e. The molecule has 2 fully saturated rings. The number of benzene rings is 2. The van der Waals surface area contributed by atoms with Crippen molar-refractivity contribution in [2.45, 2.75) is 13.0 Å². The number of ether oxygens (including phenoxy) is 2. The number of nitro groups is 1. The van der Waals surface area contributed by atoms with Gasteiger partial charge < -0.3 is 9.47 Å². The van der Waals surface area contributed by atoms with Gasteiger partial charge in [0.05, 0.1) is 30.1 Å². The van der Waals surface area contributed by atoms with Crippen LogP contribution in [0, 0.1) is 33.8 Å². The third-order valence-electron chi connectivity index (χ3n) is 6.53. The maximum Gasteiger partial charge on any atom is 0.269 e. The number of hydrazone groups is 1. The van der Waals surface area contributed by atoms with Crippen LogP contribution in [0.5, 0.6) is 11.5 Å². The highest BCUT2D eigenvalue weighted by atomic mass is 35.5. The van der Waals surface area contributed by atoms with Crippen molar-refractivity contribution in [1.82, 2.24) is 5.01 Å². The Hall–Kier alpha value is -3.72. The summed E-state index contributed by atoms with van der Waals surface area (Å²) in [5.74, 6) is -0.511. The Morgan fingerprint density at radius 1 is 1.18 bits per heavy atom. The van der Waals surface area contributed by atoms with E-state index in [1.165, 1.54) is 25.5 Å². The molecule has 2 bridgehead atoms. The van der Waals surface area contributed by atoms with Crippen molar-refractivity contribution in [3.8, 4) is 11.5 Å². The molecule has 0 N–H and O–H groups in total. The Kier molecular flexibility index (Phi) is 5.57. The highest BCUT2D eigenvalue weighted by Gasteiger charge is 2.59. The van der Waals surface area contributed by atoms with Gasteiger partial charge in [0, 0.05) is 28.8 Å². The number of nitrogens with zero attached hydrogens (tertiary/aromatic N) is 3. The van der Waals surface area contributed by atoms with Crippen LogP contribution in [0.15, 0.2) is 53.7 Å². The van der Waals surface area contributed by atoms with Crippen LogP contribution in [-0.4, -0.2) is 35.1 Å². The Morgan fingerprint density at radius 2 is 1.88 bits per heavy atom. The molecule has 34 heavy (non-hydrogen) atoms. The molecule has 2 aliphatic carbocycles. The second kappa shape index (κ2) is 8.57. The zero-order valence-electron chi connectivity index (χ0n) is 18.1. The number of nitro benzene ring substituents is 1. The number of carbonyl (C=O) groups is 2. The monoisotopic (exact) mass is 481 g/mol. The summed E-state index contributed by atoms with van der Waals surface area (Å²) in [5, 5.41) is 16.5. The van der Waals surface area contributed by atoms with Gasteiger partial charge in [-0.2, -0.15) is 10.1 Å². The first-order valence-electron chi connectivity index (χ1n) is 10.7. The fourth-order valence-corrected chi connectivity index (χ4v) is 5.24. The molecule has 1 aliphatic heterocycles. The van der Waals surface area contributed by atoms with Crippen LogP contribution in [0.4, 0.5) is 5.69 Å². The van der Waals surface area contributed by atoms with E-state index in [1.54, 1.807) is 24.3 Å². The molecule has 5 rings (SSSR count). The minimum absolute atomic E-state index is 0.0151. The SMILES string of the molecule is COc1cc(Cl)cc(C=NN2C(=O)C3C4C=CC(C4)C3C2=O)c1OCc1cccc([N+](=O)[O-])c1. The van der Waals surface area contributed by atoms with Crippen molar-refractivity contribution in [2.24, 2.45) is 28.8 Å². The molecule has 4 atom stereocenters. The van der Waals surface area contributed by atoms with Gasteiger partial charge in [-0.25, -0.2) is 0 Å². The zero-order chi connectivity index (χ0) is 24.0. The summed E-state index contributed by atoms with van der Waals surface area (Å²) in [6.45, 7) is 0.0151. The molecule has 1 heterocycles. The predicted molar refractivity (Wildman–Crippen MR) is 123 cm³/mol. The number of non-ortho nitro benzene ring substituents is 1. The van der Waals surface area contributed by atoms with E-state index in [9.17, 15) is 19.7 Å². The summed E-state index contributed by atoms with van der Waals surface area (Å²) in [5.41, 5.74) is 0.925. The maximum absolute atomic E-state index is 12.9. The van der Waals surface area contributed by atoms with E-state index in [0.717, 1.165) is 11.4 Å². The molecule has 4 unspecified atom stereocenters. The number of hydrogen-bond acceptors (Lipinski definition) is 7. The third-order valence-corrected chi connectivity index (χ3v) is 6.75. The quantitative estimate of drug-likeness (QED) is 0.194. The van der Waals surface area contributed by atoms with Crippen molar-refractivity contribution in [3.05, 3.63) is 74.8 Å². The standard InChI is InChI=1S/C24H20ClN3O6/c1-33-19-10-17(25)9-16(22(19)34-12-13-3-2-4-18(7-13)28(31)32)11-26-27-23(29)20-14-5-6-15(8-14)21(20)24(27)30/h2-7,9-11,14-15,20-21H,8,12H2,1H3. The van der Waals surface area contributed by atoms with E-state index < -0.39 is 4.92 Å². The lowest BCUT2D eigenvalue weighted by Gasteiger charge is -2.15. The normalized spacial score (nSPS) is 24.8. The molecule has 1 saturated heterocycles. The number of hydrogen-bond donors (Lipinski definition) is 0. The summed E-state index contributed by atoms with van der Waals surface area (Å²) in [4.78, 5) is 36.4. The van der Waals surface area contributed by atoms with Crippen LogP contribution in [0.1, 0.15) is 17.5 Å². The van der Waals surface area contributed by atoms with Gasteiger partial charge in [-0.3, -0.25) is 19.7 Å². The lowest BCUT2D eigenvalue weighted by molar-refractivity contribution is -0.384. The Bertz CT molecular complexity index is 1230. The van der Waals surface area contributed by atoms with Gasteiger partial charge >= 0.3 is 0 Å². The molecule has 0 spiro atoms.